The number of rotatable bonds is 8. The van der Waals surface area contributed by atoms with Crippen molar-refractivity contribution in [1.29, 1.82) is 0 Å². The van der Waals surface area contributed by atoms with E-state index in [-0.39, 0.29) is 22.4 Å². The Labute approximate surface area is 219 Å². The second-order valence-electron chi connectivity index (χ2n) is 8.44. The van der Waals surface area contributed by atoms with Crippen molar-refractivity contribution >= 4 is 46.2 Å². The number of aliphatic hydroxyl groups is 2. The topological polar surface area (TPSA) is 287 Å². The Morgan fingerprint density at radius 2 is 1.85 bits per heavy atom. The first kappa shape index (κ1) is 31.3. The van der Waals surface area contributed by atoms with Crippen LogP contribution in [-0.2, 0) is 36.4 Å². The number of nitrogens with two attached hydrogens (primary N) is 1. The molecule has 1 saturated heterocycles. The lowest BCUT2D eigenvalue weighted by Gasteiger charge is -2.27. The summed E-state index contributed by atoms with van der Waals surface area (Å²) in [5.74, 6) is 4.47. The maximum Gasteiger partial charge on any atom is 0.490 e. The normalized spacial score (nSPS) is 26.4. The van der Waals surface area contributed by atoms with Crippen LogP contribution in [0.25, 0.3) is 11.0 Å². The second kappa shape index (κ2) is 11.0. The molecule has 19 nitrogen and oxygen atoms in total. The zero-order valence-corrected chi connectivity index (χ0v) is 22.9. The van der Waals surface area contributed by atoms with Gasteiger partial charge in [-0.05, 0) is 6.92 Å². The van der Waals surface area contributed by atoms with Crippen molar-refractivity contribution in [2.24, 2.45) is 0 Å². The van der Waals surface area contributed by atoms with Gasteiger partial charge in [0.05, 0.1) is 17.6 Å². The summed E-state index contributed by atoms with van der Waals surface area (Å²) in [5.41, 5.74) is 4.09. The van der Waals surface area contributed by atoms with Gasteiger partial charge in [-0.2, -0.15) is 8.62 Å². The molecule has 2 unspecified atom stereocenters. The summed E-state index contributed by atoms with van der Waals surface area (Å²) >= 11 is 0. The van der Waals surface area contributed by atoms with Crippen molar-refractivity contribution in [3.05, 3.63) is 18.1 Å². The van der Waals surface area contributed by atoms with Gasteiger partial charge in [0.2, 0.25) is 0 Å². The first-order valence-corrected chi connectivity index (χ1v) is 14.9. The lowest BCUT2D eigenvalue weighted by molar-refractivity contribution is -0.122. The lowest BCUT2D eigenvalue weighted by atomic mass is 9.96. The number of aromatic nitrogens is 3. The number of carbonyl (C=O) groups excluding carboxylic acids is 1. The van der Waals surface area contributed by atoms with Crippen LogP contribution in [0.1, 0.15) is 18.7 Å². The number of phosphoric acid groups is 3. The van der Waals surface area contributed by atoms with Crippen molar-refractivity contribution in [3.63, 3.8) is 0 Å². The molecule has 0 aliphatic carbocycles. The van der Waals surface area contributed by atoms with Crippen molar-refractivity contribution in [1.82, 2.24) is 19.4 Å². The largest absolute Gasteiger partial charge is 0.490 e. The summed E-state index contributed by atoms with van der Waals surface area (Å²) in [4.78, 5) is 57.3. The fourth-order valence-electron chi connectivity index (χ4n) is 3.46. The van der Waals surface area contributed by atoms with Crippen molar-refractivity contribution in [2.45, 2.75) is 31.0 Å². The molecular formula is C17H24N5O14P3. The molecule has 0 spiro atoms. The Kier molecular flexibility index (Phi) is 8.79. The van der Waals surface area contributed by atoms with Gasteiger partial charge in [0.15, 0.2) is 6.23 Å². The predicted octanol–water partition coefficient (Wildman–Crippen LogP) is -1.19. The van der Waals surface area contributed by atoms with Crippen LogP contribution < -0.4 is 5.73 Å². The van der Waals surface area contributed by atoms with Gasteiger partial charge in [0, 0.05) is 26.2 Å². The maximum atomic E-state index is 12.0. The second-order valence-corrected chi connectivity index (χ2v) is 12.9. The molecule has 8 N–H and O–H groups in total. The third kappa shape index (κ3) is 7.28. The number of phosphoric ester groups is 1. The van der Waals surface area contributed by atoms with E-state index in [9.17, 15) is 38.5 Å². The zero-order chi connectivity index (χ0) is 29.6. The molecule has 22 heteroatoms. The highest BCUT2D eigenvalue weighted by atomic mass is 31.3. The molecule has 1 amide bonds. The highest BCUT2D eigenvalue weighted by molar-refractivity contribution is 7.66. The molecule has 0 aromatic carbocycles. The number of hydrogen-bond donors (Lipinski definition) is 7. The van der Waals surface area contributed by atoms with Gasteiger partial charge in [-0.1, -0.05) is 5.92 Å². The molecule has 0 saturated carbocycles. The molecule has 1 aliphatic heterocycles. The van der Waals surface area contributed by atoms with E-state index in [0.717, 1.165) is 13.3 Å². The Balaban J connectivity index is 1.88. The summed E-state index contributed by atoms with van der Waals surface area (Å²) in [7, 11) is -13.9. The average Bonchev–Trinajstić information content (AvgIpc) is 3.23. The fourth-order valence-corrected chi connectivity index (χ4v) is 6.49. The minimum Gasteiger partial charge on any atom is -0.387 e. The van der Waals surface area contributed by atoms with Gasteiger partial charge in [-0.3, -0.25) is 9.32 Å². The molecule has 1 fully saturated rings. The smallest absolute Gasteiger partial charge is 0.387 e. The summed E-state index contributed by atoms with van der Waals surface area (Å²) in [5, 5.41) is 21.9. The van der Waals surface area contributed by atoms with Crippen LogP contribution >= 0.6 is 23.5 Å². The highest BCUT2D eigenvalue weighted by Crippen LogP contribution is 2.66. The molecule has 2 aromatic rings. The van der Waals surface area contributed by atoms with Crippen molar-refractivity contribution < 1.29 is 66.2 Å². The van der Waals surface area contributed by atoms with Crippen LogP contribution in [0.5, 0.6) is 0 Å². The molecule has 1 aliphatic rings. The number of anilines is 1. The third-order valence-corrected chi connectivity index (χ3v) is 8.98. The number of ether oxygens (including phenoxy) is 1. The Morgan fingerprint density at radius 1 is 1.21 bits per heavy atom. The van der Waals surface area contributed by atoms with E-state index in [1.807, 2.05) is 0 Å². The zero-order valence-electron chi connectivity index (χ0n) is 20.3. The molecule has 0 radical (unpaired) electrons. The first-order chi connectivity index (χ1) is 17.7. The van der Waals surface area contributed by atoms with Gasteiger partial charge in [0.1, 0.15) is 35.6 Å². The van der Waals surface area contributed by atoms with Crippen LogP contribution in [-0.4, -0.2) is 93.6 Å². The van der Waals surface area contributed by atoms with E-state index in [4.69, 9.17) is 20.3 Å². The number of nitrogen functional groups attached to an aromatic ring is 1. The van der Waals surface area contributed by atoms with Gasteiger partial charge in [-0.15, -0.1) is 0 Å². The number of carbonyl (C=O) groups is 1. The lowest BCUT2D eigenvalue weighted by Crippen LogP contribution is -2.44. The SMILES string of the molecule is CN(C)C(=O)C#Cc1cn([C@@H]2O[C@H](COP(=O)(O)OP(=O)(O)OP(=O)(O)O)[C@@H](O)[C@@]2(C)O)c2ncnc(N)c12. The minimum atomic E-state index is -5.77. The Hall–Kier alpha value is -2.26. The summed E-state index contributed by atoms with van der Waals surface area (Å²) in [6, 6.07) is 0. The molecule has 0 bridgehead atoms. The van der Waals surface area contributed by atoms with Gasteiger partial charge >= 0.3 is 23.5 Å². The molecule has 3 heterocycles. The molecule has 3 rings (SSSR count). The van der Waals surface area contributed by atoms with Crippen LogP contribution in [0.2, 0.25) is 0 Å². The van der Waals surface area contributed by atoms with E-state index in [2.05, 4.69) is 35.0 Å². The van der Waals surface area contributed by atoms with Gasteiger partial charge < -0.3 is 49.7 Å². The first-order valence-electron chi connectivity index (χ1n) is 10.4. The Morgan fingerprint density at radius 3 is 2.44 bits per heavy atom. The van der Waals surface area contributed by atoms with Crippen LogP contribution in [0.3, 0.4) is 0 Å². The standard InChI is InChI=1S/C17H24N5O14P3/c1-17(25)13(24)10(7-33-38(29,30)36-39(31,32)35-37(26,27)28)34-16(17)22-6-9(4-5-11(23)21(2)3)12-14(18)19-8-20-15(12)22/h6,8,10,13,16,24-25H,7H2,1-3H3,(H,29,30)(H,31,32)(H2,18,19,20)(H2,26,27,28)/t10-,13-,16-,17-/m1/s1. The quantitative estimate of drug-likeness (QED) is 0.136. The number of amides is 1. The molecule has 39 heavy (non-hydrogen) atoms. The van der Waals surface area contributed by atoms with E-state index < -0.39 is 60.0 Å². The summed E-state index contributed by atoms with van der Waals surface area (Å²) in [6.45, 7) is 0.127. The van der Waals surface area contributed by atoms with Gasteiger partial charge in [-0.25, -0.2) is 23.7 Å². The molecule has 216 valence electrons. The average molecular weight is 615 g/mol. The predicted molar refractivity (Wildman–Crippen MR) is 128 cm³/mol. The van der Waals surface area contributed by atoms with Crippen molar-refractivity contribution in [3.8, 4) is 11.8 Å². The number of aliphatic hydroxyl groups excluding tert-OH is 1. The molecular weight excluding hydrogens is 591 g/mol. The van der Waals surface area contributed by atoms with E-state index in [1.54, 1.807) is 0 Å². The third-order valence-electron chi connectivity index (χ3n) is 5.17. The van der Waals surface area contributed by atoms with Crippen molar-refractivity contribution in [2.75, 3.05) is 26.4 Å². The van der Waals surface area contributed by atoms with E-state index in [0.29, 0.717) is 0 Å². The minimum absolute atomic E-state index is 0.0252. The van der Waals surface area contributed by atoms with Gasteiger partial charge in [0.25, 0.3) is 5.91 Å². The number of nitrogens with zero attached hydrogens (tertiary/aromatic N) is 4. The number of fused-ring (bicyclic) bond motifs is 1. The van der Waals surface area contributed by atoms with Crippen LogP contribution in [0.15, 0.2) is 12.5 Å². The maximum absolute atomic E-state index is 12.0. The number of hydrogen-bond acceptors (Lipinski definition) is 13. The van der Waals surface area contributed by atoms with Crippen LogP contribution in [0.4, 0.5) is 5.82 Å². The van der Waals surface area contributed by atoms with Crippen LogP contribution in [0, 0.1) is 11.8 Å². The Bertz CT molecular complexity index is 1480. The van der Waals surface area contributed by atoms with E-state index in [1.165, 1.54) is 29.8 Å². The molecule has 6 atom stereocenters. The highest BCUT2D eigenvalue weighted by Gasteiger charge is 2.54. The summed E-state index contributed by atoms with van der Waals surface area (Å²) < 4.78 is 52.9. The molecule has 2 aromatic heterocycles. The summed E-state index contributed by atoms with van der Waals surface area (Å²) in [6.07, 6.45) is -2.42. The monoisotopic (exact) mass is 615 g/mol. The van der Waals surface area contributed by atoms with E-state index >= 15 is 0 Å². The fraction of sp³-hybridized carbons (Fsp3) is 0.471.